The van der Waals surface area contributed by atoms with E-state index in [9.17, 15) is 0 Å². The summed E-state index contributed by atoms with van der Waals surface area (Å²) in [6, 6.07) is 23.1. The number of nitrogens with zero attached hydrogens (tertiary/aromatic N) is 2. The minimum atomic E-state index is 0.0561. The predicted molar refractivity (Wildman–Crippen MR) is 124 cm³/mol. The summed E-state index contributed by atoms with van der Waals surface area (Å²) in [5.74, 6) is 0.107. The lowest BCUT2D eigenvalue weighted by Crippen LogP contribution is -2.08. The van der Waals surface area contributed by atoms with E-state index in [4.69, 9.17) is 34.0 Å². The Hall–Kier alpha value is -2.79. The summed E-state index contributed by atoms with van der Waals surface area (Å²) < 4.78 is 2.04. The van der Waals surface area contributed by atoms with E-state index in [1.54, 1.807) is 12.1 Å². The van der Waals surface area contributed by atoms with Crippen molar-refractivity contribution in [3.8, 4) is 0 Å². The molecule has 1 atom stereocenters. The van der Waals surface area contributed by atoms with Crippen LogP contribution in [-0.2, 0) is 13.7 Å². The number of aliphatic hydroxyl groups is 1. The summed E-state index contributed by atoms with van der Waals surface area (Å²) in [4.78, 5) is 4.24. The zero-order valence-electron chi connectivity index (χ0n) is 16.5. The van der Waals surface area contributed by atoms with Gasteiger partial charge in [-0.1, -0.05) is 59.6 Å². The topological polar surface area (TPSA) is 64.1 Å². The van der Waals surface area contributed by atoms with Crippen LogP contribution in [-0.4, -0.2) is 14.7 Å². The van der Waals surface area contributed by atoms with Crippen molar-refractivity contribution in [3.63, 3.8) is 0 Å². The molecule has 3 aromatic carbocycles. The van der Waals surface area contributed by atoms with E-state index in [1.165, 1.54) is 11.1 Å². The number of rotatable bonds is 4. The lowest BCUT2D eigenvalue weighted by Gasteiger charge is -2.19. The van der Waals surface area contributed by atoms with Crippen molar-refractivity contribution < 1.29 is 5.11 Å². The molecule has 1 aromatic heterocycles. The van der Waals surface area contributed by atoms with Gasteiger partial charge in [0.1, 0.15) is 0 Å². The lowest BCUT2D eigenvalue weighted by molar-refractivity contribution is 0.282. The first-order valence-corrected chi connectivity index (χ1v) is 10.2. The van der Waals surface area contributed by atoms with E-state index >= 15 is 0 Å². The van der Waals surface area contributed by atoms with Gasteiger partial charge in [0, 0.05) is 34.7 Å². The summed E-state index contributed by atoms with van der Waals surface area (Å²) in [6.45, 7) is 0.0561. The molecule has 0 radical (unpaired) electrons. The Labute approximate surface area is 186 Å². The van der Waals surface area contributed by atoms with Crippen LogP contribution in [0.2, 0.25) is 10.0 Å². The molecule has 0 spiro atoms. The number of nitrogens with two attached hydrogens (primary N) is 1. The van der Waals surface area contributed by atoms with Crippen LogP contribution in [0.4, 0.5) is 5.69 Å². The molecular formula is C24H23Cl2N3O. The maximum atomic E-state index is 8.60. The number of aryl methyl sites for hydroxylation is 1. The highest BCUT2D eigenvalue weighted by molar-refractivity contribution is 6.30. The zero-order chi connectivity index (χ0) is 21.5. The Kier molecular flexibility index (Phi) is 7.52. The molecule has 30 heavy (non-hydrogen) atoms. The van der Waals surface area contributed by atoms with Crippen molar-refractivity contribution in [2.75, 3.05) is 5.73 Å². The van der Waals surface area contributed by atoms with Crippen LogP contribution in [0, 0.1) is 0 Å². The standard InChI is InChI=1S/C17H16ClN3.C7H7ClO/c1-21-11-20-10-16(21)17(12-2-6-14(18)7-3-12)13-4-8-15(19)9-5-13;8-7-3-1-2-6(4-7)5-9/h2-11,17H,19H2,1H3;1-4,9H,5H2. The van der Waals surface area contributed by atoms with Crippen LogP contribution >= 0.6 is 23.2 Å². The lowest BCUT2D eigenvalue weighted by atomic mass is 9.88. The number of imidazole rings is 1. The molecule has 0 fully saturated rings. The maximum Gasteiger partial charge on any atom is 0.0945 e. The smallest absolute Gasteiger partial charge is 0.0945 e. The van der Waals surface area contributed by atoms with Gasteiger partial charge in [0.15, 0.2) is 0 Å². The molecule has 4 aromatic rings. The highest BCUT2D eigenvalue weighted by atomic mass is 35.5. The molecule has 6 heteroatoms. The van der Waals surface area contributed by atoms with Crippen LogP contribution < -0.4 is 5.73 Å². The van der Waals surface area contributed by atoms with Gasteiger partial charge in [0.05, 0.1) is 18.9 Å². The van der Waals surface area contributed by atoms with Crippen molar-refractivity contribution in [2.45, 2.75) is 12.5 Å². The Bertz CT molecular complexity index is 1030. The van der Waals surface area contributed by atoms with E-state index < -0.39 is 0 Å². The second-order valence-corrected chi connectivity index (χ2v) is 7.74. The number of aliphatic hydroxyl groups excluding tert-OH is 1. The van der Waals surface area contributed by atoms with Gasteiger partial charge in [0.2, 0.25) is 0 Å². The molecule has 0 aliphatic rings. The number of aromatic nitrogens is 2. The van der Waals surface area contributed by atoms with Gasteiger partial charge in [-0.05, 0) is 53.1 Å². The van der Waals surface area contributed by atoms with Crippen molar-refractivity contribution in [1.29, 1.82) is 0 Å². The van der Waals surface area contributed by atoms with E-state index in [0.29, 0.717) is 5.02 Å². The Balaban J connectivity index is 0.000000239. The van der Waals surface area contributed by atoms with Gasteiger partial charge in [-0.2, -0.15) is 0 Å². The number of hydrogen-bond acceptors (Lipinski definition) is 3. The van der Waals surface area contributed by atoms with Gasteiger partial charge < -0.3 is 15.4 Å². The summed E-state index contributed by atoms with van der Waals surface area (Å²) in [5, 5.41) is 10.0. The molecule has 3 N–H and O–H groups in total. The molecular weight excluding hydrogens is 417 g/mol. The van der Waals surface area contributed by atoms with Gasteiger partial charge in [0.25, 0.3) is 0 Å². The summed E-state index contributed by atoms with van der Waals surface area (Å²) in [5.41, 5.74) is 10.9. The largest absolute Gasteiger partial charge is 0.399 e. The number of nitrogen functional groups attached to an aromatic ring is 1. The fourth-order valence-corrected chi connectivity index (χ4v) is 3.50. The number of halogens is 2. The molecule has 0 aliphatic heterocycles. The van der Waals surface area contributed by atoms with Crippen LogP contribution in [0.3, 0.4) is 0 Å². The monoisotopic (exact) mass is 439 g/mol. The third-order valence-corrected chi connectivity index (χ3v) is 5.18. The second kappa shape index (κ2) is 10.3. The molecule has 1 unspecified atom stereocenters. The molecule has 4 nitrogen and oxygen atoms in total. The summed E-state index contributed by atoms with van der Waals surface area (Å²) in [7, 11) is 2.00. The fraction of sp³-hybridized carbons (Fsp3) is 0.125. The molecule has 1 heterocycles. The predicted octanol–water partition coefficient (Wildman–Crippen LogP) is 5.67. The number of anilines is 1. The average molecular weight is 440 g/mol. The quantitative estimate of drug-likeness (QED) is 0.402. The van der Waals surface area contributed by atoms with Crippen molar-refractivity contribution in [3.05, 3.63) is 118 Å². The van der Waals surface area contributed by atoms with Gasteiger partial charge in [-0.25, -0.2) is 4.98 Å². The molecule has 0 saturated heterocycles. The third kappa shape index (κ3) is 5.63. The number of benzene rings is 3. The Morgan fingerprint density at radius 1 is 0.933 bits per heavy atom. The number of hydrogen-bond donors (Lipinski definition) is 2. The minimum absolute atomic E-state index is 0.0561. The zero-order valence-corrected chi connectivity index (χ0v) is 18.1. The summed E-state index contributed by atoms with van der Waals surface area (Å²) in [6.07, 6.45) is 3.71. The van der Waals surface area contributed by atoms with E-state index in [-0.39, 0.29) is 12.5 Å². The first kappa shape index (κ1) is 21.9. The summed E-state index contributed by atoms with van der Waals surface area (Å²) >= 11 is 11.6. The van der Waals surface area contributed by atoms with E-state index in [1.807, 2.05) is 60.5 Å². The van der Waals surface area contributed by atoms with Crippen LogP contribution in [0.1, 0.15) is 28.3 Å². The highest BCUT2D eigenvalue weighted by Gasteiger charge is 2.19. The van der Waals surface area contributed by atoms with Crippen molar-refractivity contribution in [2.24, 2.45) is 7.05 Å². The SMILES string of the molecule is Cn1cncc1C(c1ccc(N)cc1)c1ccc(Cl)cc1.OCc1cccc(Cl)c1. The molecule has 4 rings (SSSR count). The molecule has 0 amide bonds. The molecule has 0 aliphatic carbocycles. The van der Waals surface area contributed by atoms with Gasteiger partial charge in [-0.15, -0.1) is 0 Å². The molecule has 0 saturated carbocycles. The first-order chi connectivity index (χ1) is 14.5. The highest BCUT2D eigenvalue weighted by Crippen LogP contribution is 2.32. The normalized spacial score (nSPS) is 11.5. The Morgan fingerprint density at radius 3 is 2.07 bits per heavy atom. The van der Waals surface area contributed by atoms with Crippen LogP contribution in [0.5, 0.6) is 0 Å². The van der Waals surface area contributed by atoms with Crippen molar-refractivity contribution >= 4 is 28.9 Å². The minimum Gasteiger partial charge on any atom is -0.399 e. The molecule has 154 valence electrons. The van der Waals surface area contributed by atoms with E-state index in [0.717, 1.165) is 22.0 Å². The van der Waals surface area contributed by atoms with Gasteiger partial charge in [-0.3, -0.25) is 0 Å². The average Bonchev–Trinajstić information content (AvgIpc) is 3.17. The second-order valence-electron chi connectivity index (χ2n) is 6.87. The van der Waals surface area contributed by atoms with Crippen LogP contribution in [0.25, 0.3) is 0 Å². The van der Waals surface area contributed by atoms with Crippen LogP contribution in [0.15, 0.2) is 85.3 Å². The van der Waals surface area contributed by atoms with Gasteiger partial charge >= 0.3 is 0 Å². The fourth-order valence-electron chi connectivity index (χ4n) is 3.16. The van der Waals surface area contributed by atoms with E-state index in [2.05, 4.69) is 29.2 Å². The maximum absolute atomic E-state index is 8.60. The molecule has 0 bridgehead atoms. The third-order valence-electron chi connectivity index (χ3n) is 4.69. The first-order valence-electron chi connectivity index (χ1n) is 9.40. The Morgan fingerprint density at radius 2 is 1.57 bits per heavy atom. The van der Waals surface area contributed by atoms with Crippen molar-refractivity contribution in [1.82, 2.24) is 9.55 Å².